The van der Waals surface area contributed by atoms with Crippen molar-refractivity contribution in [2.75, 3.05) is 7.05 Å². The van der Waals surface area contributed by atoms with Crippen LogP contribution in [-0.4, -0.2) is 24.1 Å². The molecule has 9 heavy (non-hydrogen) atoms. The van der Waals surface area contributed by atoms with Gasteiger partial charge in [0.05, 0.1) is 0 Å². The number of ketones is 1. The summed E-state index contributed by atoms with van der Waals surface area (Å²) in [7, 11) is 1.56. The topological polar surface area (TPSA) is 37.4 Å². The Bertz CT molecular complexity index is 140. The molecule has 0 atom stereocenters. The first kappa shape index (κ1) is 7.88. The predicted molar refractivity (Wildman–Crippen MR) is 33.6 cm³/mol. The van der Waals surface area contributed by atoms with Crippen LogP contribution < -0.4 is 0 Å². The van der Waals surface area contributed by atoms with Crippen LogP contribution in [0.25, 0.3) is 0 Å². The van der Waals surface area contributed by atoms with E-state index in [1.165, 1.54) is 24.1 Å². The fraction of sp³-hybridized carbons (Fsp3) is 0.333. The zero-order valence-electron chi connectivity index (χ0n) is 5.50. The SMILES string of the molecule is CC(=O)/C=C\N(C)C=O. The number of hydrogen-bond acceptors (Lipinski definition) is 2. The quantitative estimate of drug-likeness (QED) is 0.400. The van der Waals surface area contributed by atoms with E-state index in [9.17, 15) is 9.59 Å². The van der Waals surface area contributed by atoms with Crippen molar-refractivity contribution in [1.29, 1.82) is 0 Å². The highest BCUT2D eigenvalue weighted by Gasteiger charge is 1.84. The van der Waals surface area contributed by atoms with Crippen LogP contribution in [0.15, 0.2) is 12.3 Å². The Morgan fingerprint density at radius 1 is 1.56 bits per heavy atom. The molecule has 0 radical (unpaired) electrons. The van der Waals surface area contributed by atoms with E-state index >= 15 is 0 Å². The fourth-order valence-electron chi connectivity index (χ4n) is 0.258. The van der Waals surface area contributed by atoms with Gasteiger partial charge in [-0.2, -0.15) is 0 Å². The Morgan fingerprint density at radius 3 is 2.44 bits per heavy atom. The number of carbonyl (C=O) groups excluding carboxylic acids is 2. The van der Waals surface area contributed by atoms with Gasteiger partial charge in [-0.15, -0.1) is 0 Å². The number of amides is 1. The van der Waals surface area contributed by atoms with Gasteiger partial charge in [-0.05, 0) is 13.0 Å². The number of carbonyl (C=O) groups is 2. The maximum absolute atomic E-state index is 10.2. The molecule has 0 aromatic heterocycles. The monoisotopic (exact) mass is 127 g/mol. The molecule has 3 nitrogen and oxygen atoms in total. The van der Waals surface area contributed by atoms with Crippen molar-refractivity contribution in [1.82, 2.24) is 4.90 Å². The largest absolute Gasteiger partial charge is 0.325 e. The summed E-state index contributed by atoms with van der Waals surface area (Å²) in [5.74, 6) is -0.0660. The van der Waals surface area contributed by atoms with Crippen LogP contribution in [0.2, 0.25) is 0 Å². The summed E-state index contributed by atoms with van der Waals surface area (Å²) in [5.41, 5.74) is 0. The van der Waals surface area contributed by atoms with E-state index in [0.29, 0.717) is 6.41 Å². The van der Waals surface area contributed by atoms with Gasteiger partial charge in [-0.3, -0.25) is 9.59 Å². The second kappa shape index (κ2) is 3.83. The Kier molecular flexibility index (Phi) is 3.35. The molecule has 0 fully saturated rings. The lowest BCUT2D eigenvalue weighted by atomic mass is 10.4. The van der Waals surface area contributed by atoms with Crippen molar-refractivity contribution in [3.63, 3.8) is 0 Å². The molecule has 0 aliphatic carbocycles. The van der Waals surface area contributed by atoms with E-state index in [2.05, 4.69) is 0 Å². The number of hydrogen-bond donors (Lipinski definition) is 0. The predicted octanol–water partition coefficient (Wildman–Crippen LogP) is 0.177. The van der Waals surface area contributed by atoms with Crippen LogP contribution in [0.4, 0.5) is 0 Å². The Hall–Kier alpha value is -1.12. The molecule has 50 valence electrons. The first-order chi connectivity index (χ1) is 4.16. The number of allylic oxidation sites excluding steroid dienone is 1. The maximum atomic E-state index is 10.2. The lowest BCUT2D eigenvalue weighted by Crippen LogP contribution is -2.06. The van der Waals surface area contributed by atoms with Crippen molar-refractivity contribution >= 4 is 12.2 Å². The zero-order chi connectivity index (χ0) is 7.28. The Labute approximate surface area is 54.0 Å². The van der Waals surface area contributed by atoms with Gasteiger partial charge >= 0.3 is 0 Å². The van der Waals surface area contributed by atoms with Crippen molar-refractivity contribution in [2.24, 2.45) is 0 Å². The smallest absolute Gasteiger partial charge is 0.213 e. The van der Waals surface area contributed by atoms with Crippen LogP contribution in [0, 0.1) is 0 Å². The molecule has 0 unspecified atom stereocenters. The minimum Gasteiger partial charge on any atom is -0.325 e. The summed E-state index contributed by atoms with van der Waals surface area (Å²) >= 11 is 0. The van der Waals surface area contributed by atoms with E-state index in [1.54, 1.807) is 7.05 Å². The molecule has 3 heteroatoms. The highest BCUT2D eigenvalue weighted by atomic mass is 16.1. The van der Waals surface area contributed by atoms with Crippen LogP contribution in [0.1, 0.15) is 6.92 Å². The lowest BCUT2D eigenvalue weighted by molar-refractivity contribution is -0.115. The molecular formula is C6H9NO2. The highest BCUT2D eigenvalue weighted by Crippen LogP contribution is 1.78. The average molecular weight is 127 g/mol. The third-order valence-electron chi connectivity index (χ3n) is 0.711. The van der Waals surface area contributed by atoms with E-state index in [1.807, 2.05) is 0 Å². The van der Waals surface area contributed by atoms with E-state index in [-0.39, 0.29) is 5.78 Å². The highest BCUT2D eigenvalue weighted by molar-refractivity contribution is 5.87. The molecule has 0 N–H and O–H groups in total. The molecule has 0 aliphatic rings. The normalized spacial score (nSPS) is 9.56. The van der Waals surface area contributed by atoms with E-state index in [0.717, 1.165) is 0 Å². The number of nitrogens with zero attached hydrogens (tertiary/aromatic N) is 1. The lowest BCUT2D eigenvalue weighted by Gasteiger charge is -1.98. The van der Waals surface area contributed by atoms with Crippen molar-refractivity contribution < 1.29 is 9.59 Å². The minimum atomic E-state index is -0.0660. The standard InChI is InChI=1S/C6H9NO2/c1-6(9)3-4-7(2)5-8/h3-5H,1-2H3/b4-3-. The summed E-state index contributed by atoms with van der Waals surface area (Å²) in [6.07, 6.45) is 3.36. The molecule has 0 rings (SSSR count). The Morgan fingerprint density at radius 2 is 2.11 bits per heavy atom. The summed E-state index contributed by atoms with van der Waals surface area (Å²) in [6, 6.07) is 0. The van der Waals surface area contributed by atoms with Crippen LogP contribution in [0.5, 0.6) is 0 Å². The third-order valence-corrected chi connectivity index (χ3v) is 0.711. The second-order valence-electron chi connectivity index (χ2n) is 1.70. The average Bonchev–Trinajstić information content (AvgIpc) is 1.83. The van der Waals surface area contributed by atoms with Gasteiger partial charge in [0, 0.05) is 13.2 Å². The third kappa shape index (κ3) is 4.74. The molecule has 0 bridgehead atoms. The van der Waals surface area contributed by atoms with E-state index < -0.39 is 0 Å². The molecule has 1 amide bonds. The molecule has 0 saturated carbocycles. The molecule has 0 saturated heterocycles. The van der Waals surface area contributed by atoms with Crippen molar-refractivity contribution in [3.8, 4) is 0 Å². The summed E-state index contributed by atoms with van der Waals surface area (Å²) in [4.78, 5) is 21.4. The van der Waals surface area contributed by atoms with Crippen molar-refractivity contribution in [3.05, 3.63) is 12.3 Å². The molecule has 0 spiro atoms. The van der Waals surface area contributed by atoms with E-state index in [4.69, 9.17) is 0 Å². The fourth-order valence-corrected chi connectivity index (χ4v) is 0.258. The van der Waals surface area contributed by atoms with Crippen LogP contribution >= 0.6 is 0 Å². The zero-order valence-corrected chi connectivity index (χ0v) is 5.50. The minimum absolute atomic E-state index is 0.0660. The summed E-state index contributed by atoms with van der Waals surface area (Å²) in [6.45, 7) is 1.43. The maximum Gasteiger partial charge on any atom is 0.213 e. The molecule has 0 aliphatic heterocycles. The van der Waals surface area contributed by atoms with Crippen LogP contribution in [0.3, 0.4) is 0 Å². The van der Waals surface area contributed by atoms with Gasteiger partial charge in [-0.1, -0.05) is 0 Å². The molecule has 0 aromatic carbocycles. The first-order valence-electron chi connectivity index (χ1n) is 2.53. The molecule has 0 heterocycles. The summed E-state index contributed by atoms with van der Waals surface area (Å²) in [5, 5.41) is 0. The summed E-state index contributed by atoms with van der Waals surface area (Å²) < 4.78 is 0. The van der Waals surface area contributed by atoms with Gasteiger partial charge in [0.2, 0.25) is 6.41 Å². The van der Waals surface area contributed by atoms with Crippen LogP contribution in [-0.2, 0) is 9.59 Å². The second-order valence-corrected chi connectivity index (χ2v) is 1.70. The molecular weight excluding hydrogens is 118 g/mol. The van der Waals surface area contributed by atoms with Gasteiger partial charge in [0.1, 0.15) is 0 Å². The van der Waals surface area contributed by atoms with Gasteiger partial charge in [0.15, 0.2) is 5.78 Å². The van der Waals surface area contributed by atoms with Crippen molar-refractivity contribution in [2.45, 2.75) is 6.92 Å². The van der Waals surface area contributed by atoms with Gasteiger partial charge in [0.25, 0.3) is 0 Å². The van der Waals surface area contributed by atoms with Gasteiger partial charge in [-0.25, -0.2) is 0 Å². The first-order valence-corrected chi connectivity index (χ1v) is 2.53. The Balaban J connectivity index is 3.69. The number of rotatable bonds is 3. The molecule has 0 aromatic rings. The van der Waals surface area contributed by atoms with Gasteiger partial charge < -0.3 is 4.90 Å².